The molecule has 4 aliphatic rings. The molecular weight excluding hydrogens is 392 g/mol. The van der Waals surface area contributed by atoms with Gasteiger partial charge in [-0.05, 0) is 90.9 Å². The summed E-state index contributed by atoms with van der Waals surface area (Å²) < 4.78 is 5.88. The summed E-state index contributed by atoms with van der Waals surface area (Å²) in [6.07, 6.45) is 8.48. The normalized spacial score (nSPS) is 48.3. The monoisotopic (exact) mass is 436 g/mol. The number of carbonyl (C=O) groups excluding carboxylic acids is 1. The van der Waals surface area contributed by atoms with Crippen molar-refractivity contribution in [3.8, 4) is 0 Å². The molecule has 4 fully saturated rings. The molecule has 0 aromatic rings. The number of aliphatic hydroxyl groups is 3. The Labute approximate surface area is 187 Å². The topological polar surface area (TPSA) is 87.0 Å². The molecule has 0 saturated heterocycles. The third-order valence-corrected chi connectivity index (χ3v) is 10.4. The van der Waals surface area contributed by atoms with Gasteiger partial charge in [0, 0.05) is 23.4 Å². The zero-order chi connectivity index (χ0) is 22.9. The molecule has 5 heteroatoms. The first kappa shape index (κ1) is 23.5. The van der Waals surface area contributed by atoms with Crippen molar-refractivity contribution in [1.29, 1.82) is 0 Å². The van der Waals surface area contributed by atoms with Crippen LogP contribution in [0.2, 0.25) is 0 Å². The lowest BCUT2D eigenvalue weighted by Gasteiger charge is -2.67. The van der Waals surface area contributed by atoms with E-state index in [2.05, 4.69) is 6.92 Å². The Morgan fingerprint density at radius 3 is 2.39 bits per heavy atom. The number of aliphatic hydroxyl groups excluding tert-OH is 1. The van der Waals surface area contributed by atoms with Crippen LogP contribution in [0.5, 0.6) is 0 Å². The van der Waals surface area contributed by atoms with Crippen LogP contribution in [0.3, 0.4) is 0 Å². The third kappa shape index (κ3) is 3.09. The Kier molecular flexibility index (Phi) is 5.63. The van der Waals surface area contributed by atoms with Crippen molar-refractivity contribution in [3.05, 3.63) is 0 Å². The van der Waals surface area contributed by atoms with E-state index in [1.807, 2.05) is 27.7 Å². The smallest absolute Gasteiger partial charge is 0.311 e. The lowest BCUT2D eigenvalue weighted by molar-refractivity contribution is -0.304. The van der Waals surface area contributed by atoms with Gasteiger partial charge >= 0.3 is 5.97 Å². The highest BCUT2D eigenvalue weighted by Gasteiger charge is 2.74. The van der Waals surface area contributed by atoms with Crippen LogP contribution in [0, 0.1) is 34.0 Å². The third-order valence-electron chi connectivity index (χ3n) is 10.4. The average Bonchev–Trinajstić information content (AvgIpc) is 2.99. The van der Waals surface area contributed by atoms with Crippen molar-refractivity contribution in [2.75, 3.05) is 6.61 Å². The van der Waals surface area contributed by atoms with E-state index in [1.165, 1.54) is 6.42 Å². The molecule has 0 aromatic heterocycles. The SMILES string of the molecule is CC(OC(=O)C(C)(C)C)[C@H]1CC[C@]2(O)[C@]1(C)CC[C@@H]1[C@@]3(CO)CCCCC3CC[C@]12O. The lowest BCUT2D eigenvalue weighted by Crippen LogP contribution is -2.73. The molecule has 3 N–H and O–H groups in total. The van der Waals surface area contributed by atoms with Crippen LogP contribution in [-0.4, -0.2) is 45.2 Å². The van der Waals surface area contributed by atoms with Gasteiger partial charge in [0.1, 0.15) is 6.10 Å². The summed E-state index contributed by atoms with van der Waals surface area (Å²) in [5.74, 6) is 0.193. The molecule has 4 saturated carbocycles. The van der Waals surface area contributed by atoms with Gasteiger partial charge in [-0.3, -0.25) is 4.79 Å². The standard InChI is InChI=1S/C26H44O5/c1-17(31-21(28)22(2,3)4)19-10-15-26(30)23(19,5)13-11-20-24(16-27)12-7-6-8-18(24)9-14-25(20,26)29/h17-20,27,29-30H,6-16H2,1-5H3/t17?,18?,19-,20-,23-,24-,25+,26+/m1/s1. The number of rotatable bonds is 3. The van der Waals surface area contributed by atoms with Gasteiger partial charge in [0.2, 0.25) is 0 Å². The van der Waals surface area contributed by atoms with E-state index in [0.717, 1.165) is 44.9 Å². The highest BCUT2D eigenvalue weighted by Crippen LogP contribution is 2.70. The van der Waals surface area contributed by atoms with Crippen LogP contribution >= 0.6 is 0 Å². The van der Waals surface area contributed by atoms with Gasteiger partial charge in [-0.1, -0.05) is 19.8 Å². The molecular formula is C26H44O5. The first-order valence-electron chi connectivity index (χ1n) is 12.6. The summed E-state index contributed by atoms with van der Waals surface area (Å²) in [6.45, 7) is 9.76. The van der Waals surface area contributed by atoms with Crippen LogP contribution in [0.4, 0.5) is 0 Å². The van der Waals surface area contributed by atoms with Crippen molar-refractivity contribution >= 4 is 5.97 Å². The van der Waals surface area contributed by atoms with E-state index in [9.17, 15) is 20.1 Å². The molecule has 0 amide bonds. The fraction of sp³-hybridized carbons (Fsp3) is 0.962. The lowest BCUT2D eigenvalue weighted by atomic mass is 9.41. The van der Waals surface area contributed by atoms with Crippen molar-refractivity contribution in [2.45, 2.75) is 116 Å². The number of esters is 1. The summed E-state index contributed by atoms with van der Waals surface area (Å²) in [6, 6.07) is 0. The maximum absolute atomic E-state index is 12.5. The maximum Gasteiger partial charge on any atom is 0.311 e. The predicted molar refractivity (Wildman–Crippen MR) is 119 cm³/mol. The molecule has 2 unspecified atom stereocenters. The van der Waals surface area contributed by atoms with Crippen LogP contribution in [-0.2, 0) is 9.53 Å². The molecule has 0 spiro atoms. The van der Waals surface area contributed by atoms with Gasteiger partial charge in [-0.2, -0.15) is 0 Å². The zero-order valence-electron chi connectivity index (χ0n) is 20.2. The molecule has 5 nitrogen and oxygen atoms in total. The quantitative estimate of drug-likeness (QED) is 0.577. The Balaban J connectivity index is 1.65. The fourth-order valence-electron chi connectivity index (χ4n) is 8.61. The largest absolute Gasteiger partial charge is 0.462 e. The van der Waals surface area contributed by atoms with Crippen LogP contribution in [0.1, 0.15) is 98.8 Å². The molecule has 178 valence electrons. The van der Waals surface area contributed by atoms with Crippen LogP contribution in [0.25, 0.3) is 0 Å². The van der Waals surface area contributed by atoms with Crippen molar-refractivity contribution in [3.63, 3.8) is 0 Å². The minimum absolute atomic E-state index is 0.0166. The van der Waals surface area contributed by atoms with E-state index < -0.39 is 22.0 Å². The summed E-state index contributed by atoms with van der Waals surface area (Å²) in [5, 5.41) is 35.1. The van der Waals surface area contributed by atoms with Crippen LogP contribution < -0.4 is 0 Å². The first-order chi connectivity index (χ1) is 14.4. The number of hydrogen-bond donors (Lipinski definition) is 3. The van der Waals surface area contributed by atoms with Crippen LogP contribution in [0.15, 0.2) is 0 Å². The Bertz CT molecular complexity index is 715. The second kappa shape index (κ2) is 7.43. The van der Waals surface area contributed by atoms with Gasteiger partial charge in [-0.15, -0.1) is 0 Å². The number of carbonyl (C=O) groups is 1. The Morgan fingerprint density at radius 1 is 1.03 bits per heavy atom. The average molecular weight is 437 g/mol. The second-order valence-electron chi connectivity index (χ2n) is 12.7. The first-order valence-corrected chi connectivity index (χ1v) is 12.6. The molecule has 31 heavy (non-hydrogen) atoms. The van der Waals surface area contributed by atoms with Gasteiger partial charge in [0.15, 0.2) is 0 Å². The summed E-state index contributed by atoms with van der Waals surface area (Å²) in [4.78, 5) is 12.5. The summed E-state index contributed by atoms with van der Waals surface area (Å²) >= 11 is 0. The maximum atomic E-state index is 12.5. The molecule has 4 aliphatic carbocycles. The molecule has 8 atom stereocenters. The molecule has 4 rings (SSSR count). The van der Waals surface area contributed by atoms with Gasteiger partial charge < -0.3 is 20.1 Å². The highest BCUT2D eigenvalue weighted by molar-refractivity contribution is 5.75. The molecule has 0 radical (unpaired) electrons. The van der Waals surface area contributed by atoms with E-state index in [4.69, 9.17) is 4.74 Å². The number of fused-ring (bicyclic) bond motifs is 5. The van der Waals surface area contributed by atoms with Crippen molar-refractivity contribution in [2.24, 2.45) is 34.0 Å². The van der Waals surface area contributed by atoms with Crippen molar-refractivity contribution < 1.29 is 24.9 Å². The minimum atomic E-state index is -1.21. The summed E-state index contributed by atoms with van der Waals surface area (Å²) in [5.41, 5.74) is -3.72. The van der Waals surface area contributed by atoms with E-state index >= 15 is 0 Å². The van der Waals surface area contributed by atoms with E-state index in [0.29, 0.717) is 18.8 Å². The molecule has 0 heterocycles. The van der Waals surface area contributed by atoms with E-state index in [-0.39, 0.29) is 35.9 Å². The predicted octanol–water partition coefficient (Wildman–Crippen LogP) is 4.22. The van der Waals surface area contributed by atoms with E-state index in [1.54, 1.807) is 0 Å². The molecule has 0 aromatic carbocycles. The van der Waals surface area contributed by atoms with Gasteiger partial charge in [-0.25, -0.2) is 0 Å². The van der Waals surface area contributed by atoms with Gasteiger partial charge in [0.05, 0.1) is 16.6 Å². The molecule has 0 aliphatic heterocycles. The second-order valence-corrected chi connectivity index (χ2v) is 12.7. The Hall–Kier alpha value is -0.650. The minimum Gasteiger partial charge on any atom is -0.462 e. The molecule has 0 bridgehead atoms. The number of hydrogen-bond acceptors (Lipinski definition) is 5. The highest BCUT2D eigenvalue weighted by atomic mass is 16.5. The fourth-order valence-corrected chi connectivity index (χ4v) is 8.61. The summed E-state index contributed by atoms with van der Waals surface area (Å²) in [7, 11) is 0. The van der Waals surface area contributed by atoms with Crippen molar-refractivity contribution in [1.82, 2.24) is 0 Å². The zero-order valence-corrected chi connectivity index (χ0v) is 20.2. The Morgan fingerprint density at radius 2 is 1.74 bits per heavy atom. The number of ether oxygens (including phenoxy) is 1. The van der Waals surface area contributed by atoms with Gasteiger partial charge in [0.25, 0.3) is 0 Å².